The van der Waals surface area contributed by atoms with Gasteiger partial charge in [0.2, 0.25) is 0 Å². The van der Waals surface area contributed by atoms with Gasteiger partial charge in [-0.2, -0.15) is 10.5 Å². The van der Waals surface area contributed by atoms with Crippen LogP contribution >= 0.6 is 0 Å². The molecule has 0 aromatic heterocycles. The van der Waals surface area contributed by atoms with Gasteiger partial charge in [0.15, 0.2) is 12.9 Å². The zero-order chi connectivity index (χ0) is 9.52. The fourth-order valence-corrected chi connectivity index (χ4v) is 0.918. The van der Waals surface area contributed by atoms with Crippen LogP contribution in [0.1, 0.15) is 0 Å². The Bertz CT molecular complexity index is 208. The average Bonchev–Trinajstić information content (AvgIpc) is 2.59. The highest BCUT2D eigenvalue weighted by Gasteiger charge is 2.26. The normalized spacial score (nSPS) is 26.0. The topological polar surface area (TPSA) is 84.5 Å². The Morgan fingerprint density at radius 3 is 2.62 bits per heavy atom. The third-order valence-corrected chi connectivity index (χ3v) is 1.43. The summed E-state index contributed by atoms with van der Waals surface area (Å²) in [5.41, 5.74) is 0. The van der Waals surface area contributed by atoms with Crippen LogP contribution in [0.3, 0.4) is 0 Å². The molecule has 0 aliphatic carbocycles. The minimum absolute atomic E-state index is 0.0690. The van der Waals surface area contributed by atoms with Gasteiger partial charge in [0.1, 0.15) is 12.7 Å². The van der Waals surface area contributed by atoms with Crippen molar-refractivity contribution < 1.29 is 18.9 Å². The second kappa shape index (κ2) is 5.20. The summed E-state index contributed by atoms with van der Waals surface area (Å²) in [5, 5.41) is 16.2. The van der Waals surface area contributed by atoms with Crippen LogP contribution in [-0.2, 0) is 18.9 Å². The largest absolute Gasteiger partial charge is 0.425 e. The molecule has 6 heteroatoms. The summed E-state index contributed by atoms with van der Waals surface area (Å²) in [6, 6.07) is 0. The van der Waals surface area contributed by atoms with Crippen LogP contribution in [-0.4, -0.2) is 32.2 Å². The molecule has 1 fully saturated rings. The third kappa shape index (κ3) is 3.16. The van der Waals surface area contributed by atoms with Crippen LogP contribution in [0.25, 0.3) is 0 Å². The molecule has 70 valence electrons. The standard InChI is InChI=1S/C7H8N2O4/c8-4-10-1-6-2-12-7(13-6)3-11-5-9/h6-7H,1-3H2. The molecule has 1 saturated heterocycles. The molecule has 2 unspecified atom stereocenters. The van der Waals surface area contributed by atoms with Gasteiger partial charge in [0.05, 0.1) is 6.61 Å². The van der Waals surface area contributed by atoms with Crippen LogP contribution in [0.15, 0.2) is 0 Å². The lowest BCUT2D eigenvalue weighted by Gasteiger charge is -2.07. The molecule has 13 heavy (non-hydrogen) atoms. The van der Waals surface area contributed by atoms with Gasteiger partial charge < -0.3 is 18.9 Å². The summed E-state index contributed by atoms with van der Waals surface area (Å²) < 4.78 is 19.2. The summed E-state index contributed by atoms with van der Waals surface area (Å²) in [4.78, 5) is 0. The molecule has 0 amide bonds. The molecule has 1 heterocycles. The average molecular weight is 184 g/mol. The summed E-state index contributed by atoms with van der Waals surface area (Å²) >= 11 is 0. The molecule has 0 N–H and O–H groups in total. The SMILES string of the molecule is N#COCC1COC(COC#N)O1. The number of nitrogens with zero attached hydrogens (tertiary/aromatic N) is 2. The lowest BCUT2D eigenvalue weighted by Crippen LogP contribution is -2.20. The van der Waals surface area contributed by atoms with Crippen LogP contribution in [0.5, 0.6) is 0 Å². The van der Waals surface area contributed by atoms with E-state index in [0.29, 0.717) is 6.61 Å². The van der Waals surface area contributed by atoms with E-state index in [2.05, 4.69) is 9.47 Å². The highest BCUT2D eigenvalue weighted by atomic mass is 16.7. The maximum absolute atomic E-state index is 8.10. The van der Waals surface area contributed by atoms with E-state index in [-0.39, 0.29) is 19.3 Å². The second-order valence-electron chi connectivity index (χ2n) is 2.33. The van der Waals surface area contributed by atoms with Gasteiger partial charge in [0, 0.05) is 0 Å². The molecule has 0 saturated carbocycles. The first-order chi connectivity index (χ1) is 6.36. The van der Waals surface area contributed by atoms with Crippen molar-refractivity contribution in [2.45, 2.75) is 12.4 Å². The minimum Gasteiger partial charge on any atom is -0.425 e. The monoisotopic (exact) mass is 184 g/mol. The molecule has 2 atom stereocenters. The number of nitriles is 2. The zero-order valence-electron chi connectivity index (χ0n) is 6.80. The van der Waals surface area contributed by atoms with E-state index in [1.165, 1.54) is 12.5 Å². The fourth-order valence-electron chi connectivity index (χ4n) is 0.918. The van der Waals surface area contributed by atoms with Crippen LogP contribution in [0.2, 0.25) is 0 Å². The van der Waals surface area contributed by atoms with Crippen LogP contribution in [0.4, 0.5) is 0 Å². The Balaban J connectivity index is 2.14. The van der Waals surface area contributed by atoms with Crippen molar-refractivity contribution in [3.05, 3.63) is 0 Å². The van der Waals surface area contributed by atoms with E-state index in [0.717, 1.165) is 0 Å². The maximum atomic E-state index is 8.10. The molecule has 1 aliphatic rings. The smallest absolute Gasteiger partial charge is 0.286 e. The summed E-state index contributed by atoms with van der Waals surface area (Å²) in [6.45, 7) is 0.584. The predicted octanol–water partition coefficient (Wildman–Crippen LogP) is -0.277. The van der Waals surface area contributed by atoms with Crippen molar-refractivity contribution in [1.29, 1.82) is 10.5 Å². The van der Waals surface area contributed by atoms with Gasteiger partial charge in [-0.05, 0) is 0 Å². The number of hydrogen-bond acceptors (Lipinski definition) is 6. The van der Waals surface area contributed by atoms with Gasteiger partial charge in [-0.1, -0.05) is 0 Å². The summed E-state index contributed by atoms with van der Waals surface area (Å²) in [7, 11) is 0. The quantitative estimate of drug-likeness (QED) is 0.559. The molecule has 0 spiro atoms. The molecular formula is C7H8N2O4. The second-order valence-corrected chi connectivity index (χ2v) is 2.33. The highest BCUT2D eigenvalue weighted by molar-refractivity contribution is 4.67. The first kappa shape index (κ1) is 9.59. The van der Waals surface area contributed by atoms with Gasteiger partial charge >= 0.3 is 0 Å². The maximum Gasteiger partial charge on any atom is 0.286 e. The van der Waals surface area contributed by atoms with Gasteiger partial charge in [0.25, 0.3) is 12.5 Å². The molecule has 6 nitrogen and oxygen atoms in total. The van der Waals surface area contributed by atoms with E-state index < -0.39 is 6.29 Å². The van der Waals surface area contributed by atoms with Crippen LogP contribution < -0.4 is 0 Å². The summed E-state index contributed by atoms with van der Waals surface area (Å²) in [5.74, 6) is 0. The molecule has 0 aromatic rings. The first-order valence-corrected chi connectivity index (χ1v) is 3.65. The Hall–Kier alpha value is -1.50. The van der Waals surface area contributed by atoms with E-state index in [1.807, 2.05) is 0 Å². The van der Waals surface area contributed by atoms with E-state index in [9.17, 15) is 0 Å². The predicted molar refractivity (Wildman–Crippen MR) is 37.7 cm³/mol. The number of hydrogen-bond donors (Lipinski definition) is 0. The van der Waals surface area contributed by atoms with Gasteiger partial charge in [-0.3, -0.25) is 0 Å². The van der Waals surface area contributed by atoms with Gasteiger partial charge in [-0.15, -0.1) is 0 Å². The Morgan fingerprint density at radius 1 is 1.23 bits per heavy atom. The Labute approximate surface area is 75.2 Å². The van der Waals surface area contributed by atoms with Crippen molar-refractivity contribution in [1.82, 2.24) is 0 Å². The molecule has 0 aromatic carbocycles. The van der Waals surface area contributed by atoms with Crippen molar-refractivity contribution in [3.63, 3.8) is 0 Å². The fraction of sp³-hybridized carbons (Fsp3) is 0.714. The van der Waals surface area contributed by atoms with Crippen molar-refractivity contribution >= 4 is 0 Å². The van der Waals surface area contributed by atoms with Gasteiger partial charge in [-0.25, -0.2) is 0 Å². The molecule has 1 aliphatic heterocycles. The first-order valence-electron chi connectivity index (χ1n) is 3.65. The molecule has 1 rings (SSSR count). The van der Waals surface area contributed by atoms with Crippen LogP contribution in [0, 0.1) is 23.0 Å². The van der Waals surface area contributed by atoms with Crippen molar-refractivity contribution in [3.8, 4) is 12.5 Å². The number of rotatable bonds is 4. The molecule has 0 bridgehead atoms. The summed E-state index contributed by atoms with van der Waals surface area (Å²) in [6.07, 6.45) is 2.25. The van der Waals surface area contributed by atoms with E-state index >= 15 is 0 Å². The van der Waals surface area contributed by atoms with E-state index in [1.54, 1.807) is 0 Å². The third-order valence-electron chi connectivity index (χ3n) is 1.43. The Kier molecular flexibility index (Phi) is 3.83. The van der Waals surface area contributed by atoms with Crippen molar-refractivity contribution in [2.24, 2.45) is 0 Å². The minimum atomic E-state index is -0.535. The van der Waals surface area contributed by atoms with Crippen molar-refractivity contribution in [2.75, 3.05) is 19.8 Å². The zero-order valence-corrected chi connectivity index (χ0v) is 6.80. The molecule has 0 radical (unpaired) electrons. The number of ether oxygens (including phenoxy) is 4. The Morgan fingerprint density at radius 2 is 1.92 bits per heavy atom. The lowest BCUT2D eigenvalue weighted by atomic mass is 10.4. The lowest BCUT2D eigenvalue weighted by molar-refractivity contribution is -0.0930. The van der Waals surface area contributed by atoms with E-state index in [4.69, 9.17) is 20.0 Å². The highest BCUT2D eigenvalue weighted by Crippen LogP contribution is 2.11. The molecular weight excluding hydrogens is 176 g/mol.